The summed E-state index contributed by atoms with van der Waals surface area (Å²) in [4.78, 5) is 14.6. The Kier molecular flexibility index (Phi) is 5.25. The lowest BCUT2D eigenvalue weighted by molar-refractivity contribution is -0.384. The van der Waals surface area contributed by atoms with Crippen molar-refractivity contribution < 1.29 is 10.0 Å². The molecular formula is C17H18N2O3. The summed E-state index contributed by atoms with van der Waals surface area (Å²) in [6.45, 7) is 1.98. The largest absolute Gasteiger partial charge is 0.507 e. The van der Waals surface area contributed by atoms with Crippen molar-refractivity contribution in [3.63, 3.8) is 0 Å². The molecule has 0 aliphatic carbocycles. The Morgan fingerprint density at radius 2 is 2.00 bits per heavy atom. The van der Waals surface area contributed by atoms with Crippen LogP contribution in [0.25, 0.3) is 0 Å². The number of rotatable bonds is 6. The van der Waals surface area contributed by atoms with Crippen LogP contribution in [0.4, 0.5) is 5.69 Å². The van der Waals surface area contributed by atoms with E-state index in [9.17, 15) is 15.2 Å². The highest BCUT2D eigenvalue weighted by molar-refractivity contribution is 5.84. The van der Waals surface area contributed by atoms with Gasteiger partial charge < -0.3 is 5.11 Å². The van der Waals surface area contributed by atoms with E-state index in [1.54, 1.807) is 0 Å². The molecule has 0 radical (unpaired) electrons. The van der Waals surface area contributed by atoms with Crippen LogP contribution in [-0.2, 0) is 6.42 Å². The first kappa shape index (κ1) is 15.7. The van der Waals surface area contributed by atoms with Crippen molar-refractivity contribution in [1.82, 2.24) is 0 Å². The Morgan fingerprint density at radius 1 is 1.27 bits per heavy atom. The molecule has 0 saturated carbocycles. The molecule has 0 aliphatic heterocycles. The zero-order valence-corrected chi connectivity index (χ0v) is 12.3. The number of non-ortho nitro benzene ring substituents is 1. The molecule has 22 heavy (non-hydrogen) atoms. The van der Waals surface area contributed by atoms with Gasteiger partial charge in [-0.05, 0) is 31.4 Å². The predicted molar refractivity (Wildman–Crippen MR) is 86.6 cm³/mol. The minimum absolute atomic E-state index is 0.00962. The van der Waals surface area contributed by atoms with Crippen molar-refractivity contribution in [2.24, 2.45) is 4.99 Å². The third-order valence-corrected chi connectivity index (χ3v) is 3.38. The molecule has 0 aromatic heterocycles. The quantitative estimate of drug-likeness (QED) is 0.501. The number of phenols is 1. The summed E-state index contributed by atoms with van der Waals surface area (Å²) in [5.41, 5.74) is 1.56. The molecule has 0 bridgehead atoms. The molecule has 114 valence electrons. The van der Waals surface area contributed by atoms with Crippen LogP contribution in [0, 0.1) is 10.1 Å². The fourth-order valence-corrected chi connectivity index (χ4v) is 2.06. The molecule has 1 atom stereocenters. The molecule has 5 heteroatoms. The summed E-state index contributed by atoms with van der Waals surface area (Å²) < 4.78 is 0. The zero-order chi connectivity index (χ0) is 15.9. The second-order valence-electron chi connectivity index (χ2n) is 5.15. The summed E-state index contributed by atoms with van der Waals surface area (Å²) in [5, 5.41) is 20.5. The Hall–Kier alpha value is -2.69. The molecule has 2 aromatic carbocycles. The van der Waals surface area contributed by atoms with Gasteiger partial charge in [-0.15, -0.1) is 0 Å². The molecule has 0 amide bonds. The van der Waals surface area contributed by atoms with E-state index in [4.69, 9.17) is 0 Å². The topological polar surface area (TPSA) is 75.7 Å². The van der Waals surface area contributed by atoms with Crippen molar-refractivity contribution in [1.29, 1.82) is 0 Å². The van der Waals surface area contributed by atoms with Crippen molar-refractivity contribution >= 4 is 11.9 Å². The first-order chi connectivity index (χ1) is 10.6. The standard InChI is InChI=1S/C17H18N2O3/c1-13(7-8-14-5-3-2-4-6-14)18-12-15-11-16(19(21)22)9-10-17(15)20/h2-6,9-13,20H,7-8H2,1H3/t13-/m1/s1. The highest BCUT2D eigenvalue weighted by Gasteiger charge is 2.09. The van der Waals surface area contributed by atoms with Gasteiger partial charge in [0.2, 0.25) is 0 Å². The van der Waals surface area contributed by atoms with E-state index < -0.39 is 4.92 Å². The van der Waals surface area contributed by atoms with Gasteiger partial charge >= 0.3 is 0 Å². The van der Waals surface area contributed by atoms with Gasteiger partial charge in [0.15, 0.2) is 0 Å². The number of hydrogen-bond acceptors (Lipinski definition) is 4. The van der Waals surface area contributed by atoms with Gasteiger partial charge in [0.05, 0.1) is 4.92 Å². The summed E-state index contributed by atoms with van der Waals surface area (Å²) in [6, 6.07) is 14.1. The number of hydrogen-bond donors (Lipinski definition) is 1. The summed E-state index contributed by atoms with van der Waals surface area (Å²) in [6.07, 6.45) is 3.29. The number of nitro benzene ring substituents is 1. The maximum Gasteiger partial charge on any atom is 0.270 e. The smallest absolute Gasteiger partial charge is 0.270 e. The fraction of sp³-hybridized carbons (Fsp3) is 0.235. The van der Waals surface area contributed by atoms with Crippen LogP contribution >= 0.6 is 0 Å². The Balaban J connectivity index is 1.99. The first-order valence-corrected chi connectivity index (χ1v) is 7.11. The normalized spacial score (nSPS) is 12.4. The van der Waals surface area contributed by atoms with Gasteiger partial charge in [-0.3, -0.25) is 15.1 Å². The molecule has 2 aromatic rings. The Bertz CT molecular complexity index is 669. The van der Waals surface area contributed by atoms with Gasteiger partial charge in [-0.2, -0.15) is 0 Å². The predicted octanol–water partition coefficient (Wildman–Crippen LogP) is 3.74. The van der Waals surface area contributed by atoms with Gasteiger partial charge in [0, 0.05) is 30.0 Å². The minimum Gasteiger partial charge on any atom is -0.507 e. The molecule has 5 nitrogen and oxygen atoms in total. The van der Waals surface area contributed by atoms with Crippen molar-refractivity contribution in [2.45, 2.75) is 25.8 Å². The van der Waals surface area contributed by atoms with Crippen LogP contribution in [0.5, 0.6) is 5.75 Å². The molecule has 0 unspecified atom stereocenters. The lowest BCUT2D eigenvalue weighted by Gasteiger charge is -2.06. The molecule has 1 N–H and O–H groups in total. The summed E-state index contributed by atoms with van der Waals surface area (Å²) in [7, 11) is 0. The Labute approximate surface area is 129 Å². The second kappa shape index (κ2) is 7.36. The Morgan fingerprint density at radius 3 is 2.68 bits per heavy atom. The van der Waals surface area contributed by atoms with E-state index in [0.29, 0.717) is 5.56 Å². The van der Waals surface area contributed by atoms with Gasteiger partial charge in [-0.25, -0.2) is 0 Å². The molecule has 0 aliphatic rings. The number of benzene rings is 2. The number of nitrogens with zero attached hydrogens (tertiary/aromatic N) is 2. The monoisotopic (exact) mass is 298 g/mol. The van der Waals surface area contributed by atoms with Crippen LogP contribution in [-0.4, -0.2) is 22.3 Å². The fourth-order valence-electron chi connectivity index (χ4n) is 2.06. The minimum atomic E-state index is -0.490. The van der Waals surface area contributed by atoms with Gasteiger partial charge in [-0.1, -0.05) is 30.3 Å². The molecular weight excluding hydrogens is 280 g/mol. The van der Waals surface area contributed by atoms with E-state index in [-0.39, 0.29) is 17.5 Å². The van der Waals surface area contributed by atoms with Crippen LogP contribution in [0.3, 0.4) is 0 Å². The number of nitro groups is 1. The van der Waals surface area contributed by atoms with Crippen molar-refractivity contribution in [3.8, 4) is 5.75 Å². The van der Waals surface area contributed by atoms with Gasteiger partial charge in [0.25, 0.3) is 5.69 Å². The van der Waals surface area contributed by atoms with E-state index >= 15 is 0 Å². The van der Waals surface area contributed by atoms with Crippen LogP contribution in [0.1, 0.15) is 24.5 Å². The third kappa shape index (κ3) is 4.41. The number of aryl methyl sites for hydroxylation is 1. The van der Waals surface area contributed by atoms with E-state index in [2.05, 4.69) is 17.1 Å². The van der Waals surface area contributed by atoms with Crippen molar-refractivity contribution in [3.05, 3.63) is 69.8 Å². The third-order valence-electron chi connectivity index (χ3n) is 3.38. The van der Waals surface area contributed by atoms with Crippen LogP contribution < -0.4 is 0 Å². The molecule has 0 heterocycles. The summed E-state index contributed by atoms with van der Waals surface area (Å²) >= 11 is 0. The van der Waals surface area contributed by atoms with Crippen LogP contribution in [0.2, 0.25) is 0 Å². The molecule has 2 rings (SSSR count). The highest BCUT2D eigenvalue weighted by Crippen LogP contribution is 2.21. The highest BCUT2D eigenvalue weighted by atomic mass is 16.6. The van der Waals surface area contributed by atoms with Gasteiger partial charge in [0.1, 0.15) is 5.75 Å². The lowest BCUT2D eigenvalue weighted by atomic mass is 10.1. The second-order valence-corrected chi connectivity index (χ2v) is 5.15. The first-order valence-electron chi connectivity index (χ1n) is 7.11. The maximum absolute atomic E-state index is 10.7. The molecule has 0 fully saturated rings. The number of phenolic OH excluding ortho intramolecular Hbond substituents is 1. The summed E-state index contributed by atoms with van der Waals surface area (Å²) in [5.74, 6) is -0.00962. The van der Waals surface area contributed by atoms with E-state index in [0.717, 1.165) is 12.8 Å². The number of aliphatic imine (C=N–C) groups is 1. The zero-order valence-electron chi connectivity index (χ0n) is 12.3. The number of aromatic hydroxyl groups is 1. The van der Waals surface area contributed by atoms with E-state index in [1.807, 2.05) is 25.1 Å². The van der Waals surface area contributed by atoms with Crippen molar-refractivity contribution in [2.75, 3.05) is 0 Å². The molecule has 0 saturated heterocycles. The lowest BCUT2D eigenvalue weighted by Crippen LogP contribution is -2.01. The molecule has 0 spiro atoms. The van der Waals surface area contributed by atoms with E-state index in [1.165, 1.54) is 30.0 Å². The van der Waals surface area contributed by atoms with Crippen LogP contribution in [0.15, 0.2) is 53.5 Å². The average Bonchev–Trinajstić information content (AvgIpc) is 2.53. The SMILES string of the molecule is C[C@H](CCc1ccccc1)N=Cc1cc([N+](=O)[O-])ccc1O. The maximum atomic E-state index is 10.7. The average molecular weight is 298 g/mol.